The van der Waals surface area contributed by atoms with Crippen LogP contribution in [0.4, 0.5) is 5.95 Å². The van der Waals surface area contributed by atoms with Crippen LogP contribution < -0.4 is 22.3 Å². The molecule has 0 radical (unpaired) electrons. The normalized spacial score (nSPS) is 13.1. The number of carbonyl (C=O) groups is 2. The Labute approximate surface area is 185 Å². The fourth-order valence-corrected chi connectivity index (χ4v) is 2.31. The molecule has 0 unspecified atom stereocenters. The summed E-state index contributed by atoms with van der Waals surface area (Å²) in [5.74, 6) is -0.751. The van der Waals surface area contributed by atoms with E-state index in [1.165, 1.54) is 12.6 Å². The first-order valence-electron chi connectivity index (χ1n) is 9.82. The fraction of sp³-hybridized carbons (Fsp3) is 0.333. The van der Waals surface area contributed by atoms with Crippen molar-refractivity contribution in [3.8, 4) is 0 Å². The molecule has 2 aromatic heterocycles. The van der Waals surface area contributed by atoms with Crippen LogP contribution in [0.3, 0.4) is 0 Å². The van der Waals surface area contributed by atoms with E-state index in [1.54, 1.807) is 12.3 Å². The van der Waals surface area contributed by atoms with Crippen molar-refractivity contribution in [3.63, 3.8) is 0 Å². The molecule has 0 aromatic carbocycles. The van der Waals surface area contributed by atoms with Crippen LogP contribution in [0.5, 0.6) is 0 Å². The highest BCUT2D eigenvalue weighted by Crippen LogP contribution is 2.06. The molecular formula is C21H29N7O4. The number of nitrogens with two attached hydrogens (primary N) is 2. The van der Waals surface area contributed by atoms with Crippen molar-refractivity contribution in [3.05, 3.63) is 58.3 Å². The average molecular weight is 444 g/mol. The minimum absolute atomic E-state index is 0.0243. The monoisotopic (exact) mass is 443 g/mol. The third-order valence-corrected chi connectivity index (χ3v) is 3.77. The zero-order valence-corrected chi connectivity index (χ0v) is 18.5. The maximum atomic E-state index is 11.8. The van der Waals surface area contributed by atoms with Gasteiger partial charge in [-0.25, -0.2) is 9.97 Å². The number of cyclic esters (lactones) is 2. The first-order valence-corrected chi connectivity index (χ1v) is 9.82. The fourth-order valence-electron chi connectivity index (χ4n) is 2.31. The number of hydrogen-bond donors (Lipinski definition) is 4. The van der Waals surface area contributed by atoms with Gasteiger partial charge < -0.3 is 21.5 Å². The largest absolute Gasteiger partial charge is 0.393 e. The number of anilines is 1. The molecule has 1 aliphatic rings. The molecule has 0 amide bonds. The van der Waals surface area contributed by atoms with Crippen LogP contribution in [0.15, 0.2) is 47.1 Å². The highest BCUT2D eigenvalue weighted by atomic mass is 16.6. The van der Waals surface area contributed by atoms with Crippen LogP contribution >= 0.6 is 0 Å². The highest BCUT2D eigenvalue weighted by Gasteiger charge is 2.16. The van der Waals surface area contributed by atoms with E-state index in [9.17, 15) is 14.4 Å². The second-order valence-electron chi connectivity index (χ2n) is 6.61. The van der Waals surface area contributed by atoms with E-state index >= 15 is 0 Å². The maximum absolute atomic E-state index is 11.8. The molecule has 0 bridgehead atoms. The smallest absolute Gasteiger partial charge is 0.313 e. The SMILES string of the molecule is C=C/C(=C\C=C(C)C)NCc1cnc2nc(N)[nH]c(=O)c2n1.CN.O=C1CCCC(=O)O1. The summed E-state index contributed by atoms with van der Waals surface area (Å²) in [5.41, 5.74) is 12.6. The van der Waals surface area contributed by atoms with Crippen molar-refractivity contribution in [1.82, 2.24) is 25.3 Å². The number of aromatic amines is 1. The van der Waals surface area contributed by atoms with E-state index in [-0.39, 0.29) is 29.1 Å². The molecule has 0 spiro atoms. The number of aromatic nitrogens is 4. The predicted octanol–water partition coefficient (Wildman–Crippen LogP) is 1.24. The minimum atomic E-state index is -0.402. The second-order valence-corrected chi connectivity index (χ2v) is 6.61. The van der Waals surface area contributed by atoms with Gasteiger partial charge in [-0.1, -0.05) is 18.2 Å². The lowest BCUT2D eigenvalue weighted by molar-refractivity contribution is -0.163. The van der Waals surface area contributed by atoms with Gasteiger partial charge >= 0.3 is 11.9 Å². The van der Waals surface area contributed by atoms with Crippen molar-refractivity contribution < 1.29 is 14.3 Å². The molecule has 172 valence electrons. The molecule has 32 heavy (non-hydrogen) atoms. The molecule has 1 saturated heterocycles. The van der Waals surface area contributed by atoms with Crippen LogP contribution in [0.25, 0.3) is 11.2 Å². The van der Waals surface area contributed by atoms with Crippen LogP contribution in [0.2, 0.25) is 0 Å². The molecule has 11 nitrogen and oxygen atoms in total. The molecule has 1 fully saturated rings. The van der Waals surface area contributed by atoms with Gasteiger partial charge in [-0.2, -0.15) is 4.98 Å². The Bertz CT molecular complexity index is 1060. The van der Waals surface area contributed by atoms with Crippen molar-refractivity contribution >= 4 is 29.1 Å². The molecule has 2 aromatic rings. The van der Waals surface area contributed by atoms with Gasteiger partial charge in [0.15, 0.2) is 11.2 Å². The Balaban J connectivity index is 0.000000427. The summed E-state index contributed by atoms with van der Waals surface area (Å²) < 4.78 is 4.21. The summed E-state index contributed by atoms with van der Waals surface area (Å²) in [4.78, 5) is 46.9. The summed E-state index contributed by atoms with van der Waals surface area (Å²) in [7, 11) is 1.50. The van der Waals surface area contributed by atoms with Crippen molar-refractivity contribution in [2.45, 2.75) is 39.7 Å². The van der Waals surface area contributed by atoms with Gasteiger partial charge in [0.05, 0.1) is 18.4 Å². The predicted molar refractivity (Wildman–Crippen MR) is 122 cm³/mol. The molecule has 0 aliphatic carbocycles. The summed E-state index contributed by atoms with van der Waals surface area (Å²) in [5, 5.41) is 3.18. The first kappa shape index (κ1) is 26.2. The third kappa shape index (κ3) is 8.88. The topological polar surface area (TPSA) is 179 Å². The highest BCUT2D eigenvalue weighted by molar-refractivity contribution is 5.87. The van der Waals surface area contributed by atoms with Crippen molar-refractivity contribution in [2.75, 3.05) is 12.8 Å². The van der Waals surface area contributed by atoms with Gasteiger partial charge in [-0.15, -0.1) is 0 Å². The maximum Gasteiger partial charge on any atom is 0.313 e. The van der Waals surface area contributed by atoms with Gasteiger partial charge in [0.25, 0.3) is 5.56 Å². The number of esters is 2. The van der Waals surface area contributed by atoms with Crippen LogP contribution in [0.1, 0.15) is 38.8 Å². The van der Waals surface area contributed by atoms with Crippen LogP contribution in [-0.4, -0.2) is 38.9 Å². The minimum Gasteiger partial charge on any atom is -0.393 e. The standard InChI is InChI=1S/C15H18N6O.C5H6O3.CH5N/c1-4-10(6-5-9(2)3)17-7-11-8-18-13-12(19-11)14(22)21-15(16)20-13;6-4-2-1-3-5(7)8-4;1-2/h4-6,8,17H,1,7H2,2-3H3,(H3,16,18,20,21,22);1-3H2;2H2,1H3/b10-6+;;. The molecular weight excluding hydrogens is 414 g/mol. The zero-order chi connectivity index (χ0) is 24.1. The van der Waals surface area contributed by atoms with E-state index in [0.29, 0.717) is 31.5 Å². The summed E-state index contributed by atoms with van der Waals surface area (Å²) >= 11 is 0. The van der Waals surface area contributed by atoms with E-state index in [1.807, 2.05) is 26.0 Å². The van der Waals surface area contributed by atoms with Gasteiger partial charge in [-0.3, -0.25) is 19.4 Å². The van der Waals surface area contributed by atoms with Gasteiger partial charge in [-0.05, 0) is 39.5 Å². The number of nitrogen functional groups attached to an aromatic ring is 1. The summed E-state index contributed by atoms with van der Waals surface area (Å²) in [6.45, 7) is 8.19. The number of hydrogen-bond acceptors (Lipinski definition) is 10. The Morgan fingerprint density at radius 1 is 1.19 bits per heavy atom. The number of H-pyrrole nitrogens is 1. The Hall–Kier alpha value is -3.86. The molecule has 6 N–H and O–H groups in total. The van der Waals surface area contributed by atoms with Crippen molar-refractivity contribution in [1.29, 1.82) is 0 Å². The number of rotatable bonds is 5. The van der Waals surface area contributed by atoms with E-state index in [2.05, 4.69) is 42.3 Å². The van der Waals surface area contributed by atoms with Gasteiger partial charge in [0.1, 0.15) is 0 Å². The lowest BCUT2D eigenvalue weighted by Crippen LogP contribution is -2.17. The van der Waals surface area contributed by atoms with Crippen molar-refractivity contribution in [2.24, 2.45) is 5.73 Å². The molecule has 3 rings (SSSR count). The number of carbonyl (C=O) groups excluding carboxylic acids is 2. The Morgan fingerprint density at radius 3 is 2.38 bits per heavy atom. The average Bonchev–Trinajstić information content (AvgIpc) is 2.75. The number of ether oxygens (including phenoxy) is 1. The number of fused-ring (bicyclic) bond motifs is 1. The van der Waals surface area contributed by atoms with Gasteiger partial charge in [0, 0.05) is 18.5 Å². The summed E-state index contributed by atoms with van der Waals surface area (Å²) in [6.07, 6.45) is 8.61. The zero-order valence-electron chi connectivity index (χ0n) is 18.5. The molecule has 0 saturated carbocycles. The summed E-state index contributed by atoms with van der Waals surface area (Å²) in [6, 6.07) is 0. The quantitative estimate of drug-likeness (QED) is 0.298. The molecule has 11 heteroatoms. The Morgan fingerprint density at radius 2 is 1.84 bits per heavy atom. The molecule has 1 aliphatic heterocycles. The first-order chi connectivity index (χ1) is 15.3. The number of allylic oxidation sites excluding steroid dienone is 4. The van der Waals surface area contributed by atoms with E-state index in [4.69, 9.17) is 5.73 Å². The lowest BCUT2D eigenvalue weighted by atomic mass is 10.2. The van der Waals surface area contributed by atoms with Crippen LogP contribution in [0, 0.1) is 0 Å². The van der Waals surface area contributed by atoms with Gasteiger partial charge in [0.2, 0.25) is 5.95 Å². The number of nitrogens with one attached hydrogen (secondary N) is 2. The lowest BCUT2D eigenvalue weighted by Gasteiger charge is -2.06. The van der Waals surface area contributed by atoms with E-state index in [0.717, 1.165) is 5.70 Å². The third-order valence-electron chi connectivity index (χ3n) is 3.77. The second kappa shape index (κ2) is 13.4. The van der Waals surface area contributed by atoms with Crippen LogP contribution in [-0.2, 0) is 20.9 Å². The Kier molecular flexibility index (Phi) is 11.0. The molecule has 3 heterocycles. The van der Waals surface area contributed by atoms with E-state index < -0.39 is 5.56 Å². The number of nitrogens with zero attached hydrogens (tertiary/aromatic N) is 3. The molecule has 0 atom stereocenters.